The minimum Gasteiger partial charge on any atom is -0.449 e. The Hall–Kier alpha value is -8.34. The molecule has 2 atom stereocenters. The van der Waals surface area contributed by atoms with Gasteiger partial charge in [0.15, 0.2) is 23.0 Å². The third kappa shape index (κ3) is 5.14. The highest BCUT2D eigenvalue weighted by atomic mass is 16.6. The normalized spacial score (nSPS) is 16.8. The van der Waals surface area contributed by atoms with Crippen LogP contribution in [0.2, 0.25) is 0 Å². The van der Waals surface area contributed by atoms with Gasteiger partial charge in [-0.15, -0.1) is 0 Å². The van der Waals surface area contributed by atoms with Crippen LogP contribution in [0.4, 0.5) is 28.4 Å². The molecule has 0 bridgehead atoms. The summed E-state index contributed by atoms with van der Waals surface area (Å²) >= 11 is 0. The van der Waals surface area contributed by atoms with E-state index in [0.29, 0.717) is 23.0 Å². The third-order valence-electron chi connectivity index (χ3n) is 14.2. The van der Waals surface area contributed by atoms with Gasteiger partial charge in [-0.3, -0.25) is 0 Å². The van der Waals surface area contributed by atoms with Crippen molar-refractivity contribution in [2.75, 3.05) is 9.80 Å². The topological polar surface area (TPSA) is 24.9 Å². The van der Waals surface area contributed by atoms with Gasteiger partial charge in [0.2, 0.25) is 0 Å². The molecule has 0 aromatic heterocycles. The van der Waals surface area contributed by atoms with E-state index < -0.39 is 5.41 Å². The quantitative estimate of drug-likeness (QED) is 0.172. The fraction of sp³-hybridized carbons (Fsp3) is 0.0492. The predicted molar refractivity (Wildman–Crippen MR) is 263 cm³/mol. The molecule has 0 radical (unpaired) electrons. The molecular weight excluding hydrogens is 793 g/mol. The van der Waals surface area contributed by atoms with Gasteiger partial charge < -0.3 is 19.3 Å². The Balaban J connectivity index is 0.919. The molecule has 2 unspecified atom stereocenters. The van der Waals surface area contributed by atoms with E-state index in [4.69, 9.17) is 9.47 Å². The lowest BCUT2D eigenvalue weighted by Crippen LogP contribution is -2.28. The maximum atomic E-state index is 7.02. The number of hydrogen-bond donors (Lipinski definition) is 0. The maximum absolute atomic E-state index is 7.02. The van der Waals surface area contributed by atoms with Crippen LogP contribution in [0.5, 0.6) is 23.0 Å². The molecule has 306 valence electrons. The Morgan fingerprint density at radius 3 is 1.71 bits per heavy atom. The van der Waals surface area contributed by atoms with Crippen molar-refractivity contribution in [3.8, 4) is 56.4 Å². The second-order valence-corrected chi connectivity index (χ2v) is 17.5. The molecule has 0 saturated heterocycles. The fourth-order valence-electron chi connectivity index (χ4n) is 11.6. The molecule has 4 heteroatoms. The van der Waals surface area contributed by atoms with Crippen molar-refractivity contribution in [2.24, 2.45) is 0 Å². The molecule has 4 nitrogen and oxygen atoms in total. The molecular formula is C61H40N2O2. The number of ether oxygens (including phenoxy) is 2. The fourth-order valence-corrected chi connectivity index (χ4v) is 11.6. The molecule has 14 rings (SSSR count). The highest BCUT2D eigenvalue weighted by Crippen LogP contribution is 2.65. The highest BCUT2D eigenvalue weighted by Gasteiger charge is 2.52. The van der Waals surface area contributed by atoms with E-state index >= 15 is 0 Å². The Morgan fingerprint density at radius 2 is 0.969 bits per heavy atom. The Morgan fingerprint density at radius 1 is 0.415 bits per heavy atom. The van der Waals surface area contributed by atoms with E-state index in [9.17, 15) is 0 Å². The van der Waals surface area contributed by atoms with Crippen molar-refractivity contribution in [1.29, 1.82) is 0 Å². The maximum Gasteiger partial charge on any atom is 0.172 e. The number of fused-ring (bicyclic) bond motifs is 15. The minimum absolute atomic E-state index is 0.188. The van der Waals surface area contributed by atoms with Crippen LogP contribution in [0, 0.1) is 0 Å². The van der Waals surface area contributed by atoms with E-state index in [1.54, 1.807) is 0 Å². The Kier molecular flexibility index (Phi) is 7.70. The van der Waals surface area contributed by atoms with Crippen molar-refractivity contribution in [2.45, 2.75) is 17.4 Å². The van der Waals surface area contributed by atoms with Gasteiger partial charge in [0.1, 0.15) is 0 Å². The zero-order valence-electron chi connectivity index (χ0n) is 35.3. The highest BCUT2D eigenvalue weighted by molar-refractivity contribution is 5.96. The number of anilines is 5. The lowest BCUT2D eigenvalue weighted by atomic mass is 9.70. The number of hydrogen-bond acceptors (Lipinski definition) is 4. The first-order valence-electron chi connectivity index (χ1n) is 22.5. The van der Waals surface area contributed by atoms with E-state index in [-0.39, 0.29) is 12.0 Å². The van der Waals surface area contributed by atoms with Crippen LogP contribution in [0.3, 0.4) is 0 Å². The third-order valence-corrected chi connectivity index (χ3v) is 14.2. The number of benzene rings is 9. The molecule has 1 spiro atoms. The summed E-state index contributed by atoms with van der Waals surface area (Å²) in [5, 5.41) is 0. The number of para-hydroxylation sites is 2. The molecule has 0 saturated carbocycles. The van der Waals surface area contributed by atoms with Crippen LogP contribution in [-0.2, 0) is 5.41 Å². The van der Waals surface area contributed by atoms with Crippen LogP contribution in [0.15, 0.2) is 231 Å². The van der Waals surface area contributed by atoms with Gasteiger partial charge in [-0.05, 0) is 110 Å². The standard InChI is InChI=1S/C61H40N2O2/c1-3-17-39(18-4-1)43-21-10-15-29-54(43)62(41-31-33-48-47-25-11-16-30-55(47)63(56(48)35-41)40-19-5-2-6-20-40)42-32-34-57-58(36-42)65-59-37-49-46-24-9-14-28-52(46)61(53(49)38-60(59)64-57)50-26-12-7-22-44(50)45-23-8-13-27-51(45)61/h1-38,47,55H. The van der Waals surface area contributed by atoms with Crippen LogP contribution in [0.25, 0.3) is 33.4 Å². The average Bonchev–Trinajstić information content (AvgIpc) is 3.97. The molecule has 3 aliphatic carbocycles. The second-order valence-electron chi connectivity index (χ2n) is 17.5. The smallest absolute Gasteiger partial charge is 0.172 e. The molecule has 0 amide bonds. The molecule has 2 heterocycles. The molecule has 0 N–H and O–H groups in total. The SMILES string of the molecule is C1=CC2c3ccc(N(c4ccc5c(c4)Oc4cc6c(cc4O5)C4(c5ccccc5-c5ccccc54)c4ccccc4-6)c4ccccc4-c4ccccc4)cc3N(c3ccccc3)C2C=C1. The number of nitrogens with zero attached hydrogens (tertiary/aromatic N) is 2. The minimum atomic E-state index is -0.468. The van der Waals surface area contributed by atoms with Crippen molar-refractivity contribution in [1.82, 2.24) is 0 Å². The summed E-state index contributed by atoms with van der Waals surface area (Å²) < 4.78 is 14.0. The first-order chi connectivity index (χ1) is 32.2. The van der Waals surface area contributed by atoms with Crippen LogP contribution in [0.1, 0.15) is 33.7 Å². The van der Waals surface area contributed by atoms with Crippen molar-refractivity contribution >= 4 is 28.4 Å². The summed E-state index contributed by atoms with van der Waals surface area (Å²) in [4.78, 5) is 4.87. The second kappa shape index (κ2) is 13.8. The van der Waals surface area contributed by atoms with Crippen LogP contribution in [-0.4, -0.2) is 6.04 Å². The van der Waals surface area contributed by atoms with Gasteiger partial charge in [-0.2, -0.15) is 0 Å². The first kappa shape index (κ1) is 36.2. The summed E-state index contributed by atoms with van der Waals surface area (Å²) in [5.41, 5.74) is 18.6. The summed E-state index contributed by atoms with van der Waals surface area (Å²) in [7, 11) is 0. The van der Waals surface area contributed by atoms with Gasteiger partial charge >= 0.3 is 0 Å². The van der Waals surface area contributed by atoms with Crippen molar-refractivity contribution < 1.29 is 9.47 Å². The molecule has 2 aliphatic heterocycles. The number of allylic oxidation sites excluding steroid dienone is 2. The van der Waals surface area contributed by atoms with Crippen LogP contribution < -0.4 is 19.3 Å². The van der Waals surface area contributed by atoms with Crippen molar-refractivity contribution in [3.05, 3.63) is 258 Å². The lowest BCUT2D eigenvalue weighted by Gasteiger charge is -2.32. The van der Waals surface area contributed by atoms with E-state index in [2.05, 4.69) is 240 Å². The Bertz CT molecular complexity index is 3430. The predicted octanol–water partition coefficient (Wildman–Crippen LogP) is 15.8. The van der Waals surface area contributed by atoms with E-state index in [1.807, 2.05) is 0 Å². The van der Waals surface area contributed by atoms with Crippen LogP contribution >= 0.6 is 0 Å². The average molecular weight is 833 g/mol. The van der Waals surface area contributed by atoms with Gasteiger partial charge in [-0.25, -0.2) is 0 Å². The van der Waals surface area contributed by atoms with Gasteiger partial charge in [-0.1, -0.05) is 170 Å². The summed E-state index contributed by atoms with van der Waals surface area (Å²) in [6.07, 6.45) is 9.03. The van der Waals surface area contributed by atoms with Gasteiger partial charge in [0.05, 0.1) is 22.8 Å². The summed E-state index contributed by atoms with van der Waals surface area (Å²) in [6.45, 7) is 0. The lowest BCUT2D eigenvalue weighted by molar-refractivity contribution is 0.359. The molecule has 9 aromatic rings. The number of rotatable bonds is 5. The Labute approximate surface area is 378 Å². The zero-order valence-corrected chi connectivity index (χ0v) is 35.3. The zero-order chi connectivity index (χ0) is 42.6. The van der Waals surface area contributed by atoms with Gasteiger partial charge in [0.25, 0.3) is 0 Å². The first-order valence-corrected chi connectivity index (χ1v) is 22.5. The summed E-state index contributed by atoms with van der Waals surface area (Å²) in [5.74, 6) is 3.03. The van der Waals surface area contributed by atoms with Gasteiger partial charge in [0, 0.05) is 34.6 Å². The monoisotopic (exact) mass is 832 g/mol. The molecule has 65 heavy (non-hydrogen) atoms. The largest absolute Gasteiger partial charge is 0.449 e. The van der Waals surface area contributed by atoms with E-state index in [1.165, 1.54) is 61.4 Å². The van der Waals surface area contributed by atoms with Crippen molar-refractivity contribution in [3.63, 3.8) is 0 Å². The molecule has 0 fully saturated rings. The molecule has 9 aromatic carbocycles. The molecule has 5 aliphatic rings. The van der Waals surface area contributed by atoms with E-state index in [0.717, 1.165) is 28.2 Å². The summed E-state index contributed by atoms with van der Waals surface area (Å²) in [6, 6.07) is 74.7.